The predicted octanol–water partition coefficient (Wildman–Crippen LogP) is 4.38. The highest BCUT2D eigenvalue weighted by atomic mass is 16.6. The van der Waals surface area contributed by atoms with Gasteiger partial charge in [-0.3, -0.25) is 14.5 Å². The molecule has 0 spiro atoms. The van der Waals surface area contributed by atoms with E-state index in [0.717, 1.165) is 11.3 Å². The first-order chi connectivity index (χ1) is 14.6. The Bertz CT molecular complexity index is 958. The molecule has 166 valence electrons. The molecule has 0 unspecified atom stereocenters. The van der Waals surface area contributed by atoms with Crippen molar-refractivity contribution in [3.63, 3.8) is 0 Å². The van der Waals surface area contributed by atoms with Crippen molar-refractivity contribution >= 4 is 17.7 Å². The Labute approximate surface area is 183 Å². The minimum Gasteiger partial charge on any atom is -0.444 e. The fourth-order valence-electron chi connectivity index (χ4n) is 2.88. The third-order valence-electron chi connectivity index (χ3n) is 4.47. The molecule has 0 aliphatic heterocycles. The summed E-state index contributed by atoms with van der Waals surface area (Å²) in [7, 11) is 1.79. The third kappa shape index (κ3) is 6.53. The fourth-order valence-corrected chi connectivity index (χ4v) is 2.88. The lowest BCUT2D eigenvalue weighted by atomic mass is 10.0. The number of nitrogens with zero attached hydrogens (tertiary/aromatic N) is 3. The number of ether oxygens (including phenoxy) is 1. The molecular weight excluding hydrogens is 394 g/mol. The van der Waals surface area contributed by atoms with Crippen LogP contribution in [0, 0.1) is 5.92 Å². The number of aromatic nitrogens is 3. The lowest BCUT2D eigenvalue weighted by molar-refractivity contribution is -0.118. The molecule has 2 aromatic heterocycles. The summed E-state index contributed by atoms with van der Waals surface area (Å²) >= 11 is 0. The second-order valence-corrected chi connectivity index (χ2v) is 8.24. The molecule has 0 fully saturated rings. The van der Waals surface area contributed by atoms with Crippen molar-refractivity contribution in [2.45, 2.75) is 45.8 Å². The molecule has 8 heteroatoms. The van der Waals surface area contributed by atoms with Gasteiger partial charge in [0.2, 0.25) is 5.91 Å². The number of pyridine rings is 1. The van der Waals surface area contributed by atoms with Crippen LogP contribution in [0.5, 0.6) is 0 Å². The number of carbonyl (C=O) groups excluding carboxylic acids is 2. The zero-order valence-electron chi connectivity index (χ0n) is 18.8. The molecule has 2 amide bonds. The van der Waals surface area contributed by atoms with Gasteiger partial charge < -0.3 is 15.4 Å². The number of hydrogen-bond donors (Lipinski definition) is 2. The van der Waals surface area contributed by atoms with Gasteiger partial charge in [-0.05, 0) is 39.3 Å². The molecule has 2 aromatic rings. The Balaban J connectivity index is 2.34. The van der Waals surface area contributed by atoms with Crippen molar-refractivity contribution in [2.24, 2.45) is 13.0 Å². The van der Waals surface area contributed by atoms with Crippen LogP contribution < -0.4 is 10.6 Å². The Morgan fingerprint density at radius 3 is 2.65 bits per heavy atom. The van der Waals surface area contributed by atoms with Gasteiger partial charge in [0.05, 0.1) is 35.2 Å². The topological polar surface area (TPSA) is 98.1 Å². The Morgan fingerprint density at radius 1 is 1.32 bits per heavy atom. The molecule has 2 rings (SSSR count). The van der Waals surface area contributed by atoms with Crippen LogP contribution in [0.3, 0.4) is 0 Å². The Hall–Kier alpha value is -3.42. The summed E-state index contributed by atoms with van der Waals surface area (Å²) in [5, 5.41) is 10.0. The van der Waals surface area contributed by atoms with Gasteiger partial charge >= 0.3 is 6.09 Å². The molecule has 0 radical (unpaired) electrons. The lowest BCUT2D eigenvalue weighted by Gasteiger charge is -2.23. The van der Waals surface area contributed by atoms with Crippen LogP contribution in [0.4, 0.5) is 10.5 Å². The van der Waals surface area contributed by atoms with Crippen molar-refractivity contribution in [2.75, 3.05) is 5.32 Å². The molecule has 2 N–H and O–H groups in total. The van der Waals surface area contributed by atoms with Crippen molar-refractivity contribution in [1.29, 1.82) is 0 Å². The van der Waals surface area contributed by atoms with Gasteiger partial charge in [0.25, 0.3) is 0 Å². The number of aryl methyl sites for hydroxylation is 1. The summed E-state index contributed by atoms with van der Waals surface area (Å²) in [5.41, 5.74) is 2.14. The monoisotopic (exact) mass is 425 g/mol. The zero-order chi connectivity index (χ0) is 23.2. The number of anilines is 1. The Morgan fingerprint density at radius 2 is 2.03 bits per heavy atom. The Kier molecular flexibility index (Phi) is 7.74. The molecule has 0 aromatic carbocycles. The summed E-state index contributed by atoms with van der Waals surface area (Å²) in [6.45, 7) is 14.6. The fraction of sp³-hybridized carbons (Fsp3) is 0.391. The molecule has 2 atom stereocenters. The van der Waals surface area contributed by atoms with E-state index in [1.807, 2.05) is 12.1 Å². The van der Waals surface area contributed by atoms with E-state index < -0.39 is 17.7 Å². The van der Waals surface area contributed by atoms with Gasteiger partial charge in [-0.15, -0.1) is 13.2 Å². The number of alkyl carbamates (subject to hydrolysis) is 1. The highest BCUT2D eigenvalue weighted by molar-refractivity contribution is 5.96. The van der Waals surface area contributed by atoms with Crippen LogP contribution >= 0.6 is 0 Å². The lowest BCUT2D eigenvalue weighted by Crippen LogP contribution is -2.35. The predicted molar refractivity (Wildman–Crippen MR) is 121 cm³/mol. The van der Waals surface area contributed by atoms with E-state index in [0.29, 0.717) is 17.8 Å². The third-order valence-corrected chi connectivity index (χ3v) is 4.47. The zero-order valence-corrected chi connectivity index (χ0v) is 18.8. The van der Waals surface area contributed by atoms with Crippen molar-refractivity contribution in [1.82, 2.24) is 20.1 Å². The van der Waals surface area contributed by atoms with Gasteiger partial charge in [-0.2, -0.15) is 5.10 Å². The first kappa shape index (κ1) is 23.9. The smallest absolute Gasteiger partial charge is 0.408 e. The number of amides is 2. The van der Waals surface area contributed by atoms with Crippen LogP contribution in [0.15, 0.2) is 49.8 Å². The van der Waals surface area contributed by atoms with E-state index >= 15 is 0 Å². The van der Waals surface area contributed by atoms with Crippen LogP contribution in [-0.4, -0.2) is 32.4 Å². The minimum absolute atomic E-state index is 0.172. The van der Waals surface area contributed by atoms with Gasteiger partial charge in [0, 0.05) is 18.8 Å². The molecule has 2 heterocycles. The van der Waals surface area contributed by atoms with Gasteiger partial charge in [-0.25, -0.2) is 4.79 Å². The maximum absolute atomic E-state index is 12.3. The molecule has 31 heavy (non-hydrogen) atoms. The van der Waals surface area contributed by atoms with E-state index in [4.69, 9.17) is 4.74 Å². The van der Waals surface area contributed by atoms with Crippen LogP contribution in [0.25, 0.3) is 11.3 Å². The number of rotatable bonds is 8. The summed E-state index contributed by atoms with van der Waals surface area (Å²) in [6.07, 6.45) is 6.49. The van der Waals surface area contributed by atoms with Gasteiger partial charge in [0.15, 0.2) is 0 Å². The van der Waals surface area contributed by atoms with E-state index in [1.54, 1.807) is 64.0 Å². The molecule has 0 aliphatic rings. The number of hydrogen-bond acceptors (Lipinski definition) is 5. The van der Waals surface area contributed by atoms with Crippen LogP contribution in [-0.2, 0) is 16.6 Å². The molecule has 0 saturated heterocycles. The van der Waals surface area contributed by atoms with E-state index in [9.17, 15) is 9.59 Å². The SMILES string of the molecule is C=CC[C@H](NC(=O)OC(C)(C)C)c1cc(-c2c(NC(=O)[C@H](C)C=C)cnn2C)ccn1. The van der Waals surface area contributed by atoms with Crippen LogP contribution in [0.1, 0.15) is 45.9 Å². The van der Waals surface area contributed by atoms with Gasteiger partial charge in [-0.1, -0.05) is 19.1 Å². The number of carbonyl (C=O) groups is 2. The summed E-state index contributed by atoms with van der Waals surface area (Å²) in [6, 6.07) is 3.26. The highest BCUT2D eigenvalue weighted by Gasteiger charge is 2.22. The molecule has 8 nitrogen and oxygen atoms in total. The number of nitrogens with one attached hydrogen (secondary N) is 2. The molecule has 0 saturated carbocycles. The molecule has 0 bridgehead atoms. The second-order valence-electron chi connectivity index (χ2n) is 8.24. The maximum Gasteiger partial charge on any atom is 0.408 e. The molecule has 0 aliphatic carbocycles. The standard InChI is InChI=1S/C23H31N5O3/c1-8-10-17(27-22(30)31-23(4,5)6)18-13-16(11-12-24-18)20-19(14-25-28(20)7)26-21(29)15(3)9-2/h8-9,11-15,17H,1-2,10H2,3-7H3,(H,26,29)(H,27,30)/t15-,17+/m1/s1. The maximum atomic E-state index is 12.3. The van der Waals surface area contributed by atoms with Crippen molar-refractivity contribution < 1.29 is 14.3 Å². The summed E-state index contributed by atoms with van der Waals surface area (Å²) < 4.78 is 7.05. The van der Waals surface area contributed by atoms with Crippen molar-refractivity contribution in [3.05, 3.63) is 55.5 Å². The summed E-state index contributed by atoms with van der Waals surface area (Å²) in [5.74, 6) is -0.509. The van der Waals surface area contributed by atoms with Crippen LogP contribution in [0.2, 0.25) is 0 Å². The quantitative estimate of drug-likeness (QED) is 0.612. The second kappa shape index (κ2) is 10.1. The highest BCUT2D eigenvalue weighted by Crippen LogP contribution is 2.29. The van der Waals surface area contributed by atoms with Gasteiger partial charge in [0.1, 0.15) is 5.60 Å². The minimum atomic E-state index is -0.609. The first-order valence-electron chi connectivity index (χ1n) is 10.1. The largest absolute Gasteiger partial charge is 0.444 e. The average molecular weight is 426 g/mol. The van der Waals surface area contributed by atoms with Crippen molar-refractivity contribution in [3.8, 4) is 11.3 Å². The van der Waals surface area contributed by atoms with E-state index in [1.165, 1.54) is 0 Å². The summed E-state index contributed by atoms with van der Waals surface area (Å²) in [4.78, 5) is 29.0. The average Bonchev–Trinajstić information content (AvgIpc) is 3.05. The van der Waals surface area contributed by atoms with E-state index in [2.05, 4.69) is 33.9 Å². The first-order valence-corrected chi connectivity index (χ1v) is 10.1. The van der Waals surface area contributed by atoms with E-state index in [-0.39, 0.29) is 11.8 Å². The normalized spacial score (nSPS) is 13.1. The molecular formula is C23H31N5O3.